The molecule has 0 aliphatic carbocycles. The van der Waals surface area contributed by atoms with Gasteiger partial charge in [-0.05, 0) is 30.3 Å². The van der Waals surface area contributed by atoms with Gasteiger partial charge >= 0.3 is 0 Å². The number of fused-ring (bicyclic) bond motifs is 1. The van der Waals surface area contributed by atoms with Crippen molar-refractivity contribution < 1.29 is 9.13 Å². The molecule has 1 aliphatic heterocycles. The molecule has 0 bridgehead atoms. The zero-order chi connectivity index (χ0) is 14.3. The monoisotopic (exact) mass is 311 g/mol. The zero-order valence-corrected chi connectivity index (χ0v) is 12.0. The van der Waals surface area contributed by atoms with Crippen LogP contribution in [0, 0.1) is 5.82 Å². The molecule has 2 atom stereocenters. The molecule has 0 spiro atoms. The summed E-state index contributed by atoms with van der Waals surface area (Å²) in [6.07, 6.45) is 0.283. The molecule has 0 fully saturated rings. The highest BCUT2D eigenvalue weighted by Gasteiger charge is 2.28. The molecule has 0 saturated heterocycles. The van der Waals surface area contributed by atoms with Crippen molar-refractivity contribution in [1.29, 1.82) is 0 Å². The molecule has 2 aromatic carbocycles. The first kappa shape index (κ1) is 13.7. The maximum absolute atomic E-state index is 13.1. The highest BCUT2D eigenvalue weighted by molar-refractivity contribution is 6.31. The van der Waals surface area contributed by atoms with E-state index in [0.29, 0.717) is 22.2 Å². The van der Waals surface area contributed by atoms with Crippen LogP contribution in [0.5, 0.6) is 5.75 Å². The van der Waals surface area contributed by atoms with Gasteiger partial charge in [0, 0.05) is 28.6 Å². The zero-order valence-electron chi connectivity index (χ0n) is 10.4. The van der Waals surface area contributed by atoms with Crippen LogP contribution in [0.25, 0.3) is 0 Å². The smallest absolute Gasteiger partial charge is 0.127 e. The molecule has 5 heteroatoms. The minimum absolute atomic E-state index is 0.191. The molecule has 104 valence electrons. The van der Waals surface area contributed by atoms with E-state index in [-0.39, 0.29) is 18.0 Å². The Bertz CT molecular complexity index is 662. The fraction of sp³-hybridized carbons (Fsp3) is 0.200. The van der Waals surface area contributed by atoms with Crippen molar-refractivity contribution in [1.82, 2.24) is 0 Å². The summed E-state index contributed by atoms with van der Waals surface area (Å²) in [4.78, 5) is 0. The van der Waals surface area contributed by atoms with Crippen molar-refractivity contribution in [2.24, 2.45) is 5.73 Å². The average Bonchev–Trinajstić information content (AvgIpc) is 2.39. The predicted octanol–water partition coefficient (Wildman–Crippen LogP) is 4.66. The van der Waals surface area contributed by atoms with Crippen molar-refractivity contribution in [2.45, 2.75) is 18.6 Å². The van der Waals surface area contributed by atoms with Crippen molar-refractivity contribution in [3.05, 3.63) is 63.4 Å². The standard InChI is InChI=1S/C15H12Cl2FNO/c16-8-1-4-14-11(5-8)13(19)7-15(20-14)10-3-2-9(18)6-12(10)17/h1-6,13,15H,7,19H2/t13-,15?/m1/s1. The van der Waals surface area contributed by atoms with Gasteiger partial charge in [0.15, 0.2) is 0 Å². The van der Waals surface area contributed by atoms with E-state index < -0.39 is 0 Å². The minimum Gasteiger partial charge on any atom is -0.485 e. The van der Waals surface area contributed by atoms with Gasteiger partial charge in [0.25, 0.3) is 0 Å². The summed E-state index contributed by atoms with van der Waals surface area (Å²) < 4.78 is 19.0. The Kier molecular flexibility index (Phi) is 3.59. The summed E-state index contributed by atoms with van der Waals surface area (Å²) in [5.74, 6) is 0.324. The molecule has 1 unspecified atom stereocenters. The molecule has 1 heterocycles. The van der Waals surface area contributed by atoms with Gasteiger partial charge in [-0.25, -0.2) is 4.39 Å². The van der Waals surface area contributed by atoms with E-state index in [4.69, 9.17) is 33.7 Å². The molecule has 2 aromatic rings. The third-order valence-electron chi connectivity index (χ3n) is 3.42. The minimum atomic E-state index is -0.369. The largest absolute Gasteiger partial charge is 0.485 e. The van der Waals surface area contributed by atoms with Crippen molar-refractivity contribution in [3.8, 4) is 5.75 Å². The van der Waals surface area contributed by atoms with Crippen LogP contribution in [-0.2, 0) is 0 Å². The first-order chi connectivity index (χ1) is 9.54. The second-order valence-corrected chi connectivity index (χ2v) is 5.64. The van der Waals surface area contributed by atoms with Crippen LogP contribution in [0.2, 0.25) is 10.0 Å². The molecule has 0 saturated carbocycles. The Labute approximate surface area is 126 Å². The van der Waals surface area contributed by atoms with Crippen LogP contribution in [0.3, 0.4) is 0 Å². The molecule has 20 heavy (non-hydrogen) atoms. The van der Waals surface area contributed by atoms with Crippen LogP contribution in [0.4, 0.5) is 4.39 Å². The lowest BCUT2D eigenvalue weighted by molar-refractivity contribution is 0.161. The van der Waals surface area contributed by atoms with Crippen LogP contribution in [0.1, 0.15) is 29.7 Å². The fourth-order valence-electron chi connectivity index (χ4n) is 2.43. The molecule has 0 amide bonds. The molecular formula is C15H12Cl2FNO. The molecular weight excluding hydrogens is 300 g/mol. The number of halogens is 3. The summed E-state index contributed by atoms with van der Waals surface area (Å²) in [5, 5.41) is 0.973. The third kappa shape index (κ3) is 2.49. The fourth-order valence-corrected chi connectivity index (χ4v) is 2.90. The Morgan fingerprint density at radius 2 is 1.90 bits per heavy atom. The molecule has 3 rings (SSSR count). The maximum atomic E-state index is 13.1. The first-order valence-electron chi connectivity index (χ1n) is 6.21. The Balaban J connectivity index is 1.97. The molecule has 0 radical (unpaired) electrons. The van der Waals surface area contributed by atoms with Crippen molar-refractivity contribution in [2.75, 3.05) is 0 Å². The van der Waals surface area contributed by atoms with Crippen LogP contribution < -0.4 is 10.5 Å². The van der Waals surface area contributed by atoms with Crippen LogP contribution in [0.15, 0.2) is 36.4 Å². The van der Waals surface area contributed by atoms with Crippen molar-refractivity contribution >= 4 is 23.2 Å². The number of hydrogen-bond acceptors (Lipinski definition) is 2. The van der Waals surface area contributed by atoms with Gasteiger partial charge < -0.3 is 10.5 Å². The summed E-state index contributed by atoms with van der Waals surface area (Å²) in [7, 11) is 0. The number of rotatable bonds is 1. The third-order valence-corrected chi connectivity index (χ3v) is 3.98. The van der Waals surface area contributed by atoms with E-state index in [2.05, 4.69) is 0 Å². The van der Waals surface area contributed by atoms with E-state index >= 15 is 0 Å². The highest BCUT2D eigenvalue weighted by atomic mass is 35.5. The molecule has 0 aromatic heterocycles. The quantitative estimate of drug-likeness (QED) is 0.831. The van der Waals surface area contributed by atoms with E-state index in [1.807, 2.05) is 6.07 Å². The lowest BCUT2D eigenvalue weighted by atomic mass is 9.93. The van der Waals surface area contributed by atoms with E-state index in [9.17, 15) is 4.39 Å². The molecule has 2 nitrogen and oxygen atoms in total. The van der Waals surface area contributed by atoms with Crippen LogP contribution >= 0.6 is 23.2 Å². The summed E-state index contributed by atoms with van der Waals surface area (Å²) in [6, 6.07) is 9.45. The highest BCUT2D eigenvalue weighted by Crippen LogP contribution is 2.42. The molecule has 1 aliphatic rings. The van der Waals surface area contributed by atoms with Gasteiger partial charge in [0.2, 0.25) is 0 Å². The van der Waals surface area contributed by atoms with Crippen molar-refractivity contribution in [3.63, 3.8) is 0 Å². The van der Waals surface area contributed by atoms with Crippen LogP contribution in [-0.4, -0.2) is 0 Å². The van der Waals surface area contributed by atoms with Gasteiger partial charge in [-0.15, -0.1) is 0 Å². The maximum Gasteiger partial charge on any atom is 0.127 e. The second-order valence-electron chi connectivity index (χ2n) is 4.80. The summed E-state index contributed by atoms with van der Waals surface area (Å²) in [6.45, 7) is 0. The first-order valence-corrected chi connectivity index (χ1v) is 6.97. The van der Waals surface area contributed by atoms with Gasteiger partial charge in [-0.2, -0.15) is 0 Å². The predicted molar refractivity (Wildman–Crippen MR) is 77.8 cm³/mol. The van der Waals surface area contributed by atoms with E-state index in [0.717, 1.165) is 11.1 Å². The average molecular weight is 312 g/mol. The second kappa shape index (κ2) is 5.24. The Hall–Kier alpha value is -1.29. The van der Waals surface area contributed by atoms with Gasteiger partial charge in [-0.1, -0.05) is 29.3 Å². The normalized spacial score (nSPS) is 21.2. The van der Waals surface area contributed by atoms with Gasteiger partial charge in [0.05, 0.1) is 5.02 Å². The van der Waals surface area contributed by atoms with Gasteiger partial charge in [-0.3, -0.25) is 0 Å². The van der Waals surface area contributed by atoms with E-state index in [1.54, 1.807) is 18.2 Å². The number of ether oxygens (including phenoxy) is 1. The number of hydrogen-bond donors (Lipinski definition) is 1. The molecule has 2 N–H and O–H groups in total. The summed E-state index contributed by atoms with van der Waals surface area (Å²) in [5.41, 5.74) is 7.79. The lowest BCUT2D eigenvalue weighted by Crippen LogP contribution is -2.24. The van der Waals surface area contributed by atoms with E-state index in [1.165, 1.54) is 12.1 Å². The van der Waals surface area contributed by atoms with Gasteiger partial charge in [0.1, 0.15) is 17.7 Å². The number of nitrogens with two attached hydrogens (primary N) is 1. The topological polar surface area (TPSA) is 35.2 Å². The number of benzene rings is 2. The SMILES string of the molecule is N[C@@H]1CC(c2ccc(F)cc2Cl)Oc2ccc(Cl)cc21. The summed E-state index contributed by atoms with van der Waals surface area (Å²) >= 11 is 12.0. The Morgan fingerprint density at radius 1 is 1.10 bits per heavy atom. The Morgan fingerprint density at radius 3 is 2.65 bits per heavy atom. The lowest BCUT2D eigenvalue weighted by Gasteiger charge is -2.31.